The largest absolute Gasteiger partial charge is 0.416 e. The molecule has 0 fully saturated rings. The zero-order valence-corrected chi connectivity index (χ0v) is 12.6. The topological polar surface area (TPSA) is 29.1 Å². The summed E-state index contributed by atoms with van der Waals surface area (Å²) in [6, 6.07) is 11.8. The van der Waals surface area contributed by atoms with Gasteiger partial charge in [0.15, 0.2) is 0 Å². The third-order valence-electron chi connectivity index (χ3n) is 2.64. The highest BCUT2D eigenvalue weighted by Crippen LogP contribution is 2.33. The zero-order valence-electron chi connectivity index (χ0n) is 11.0. The van der Waals surface area contributed by atoms with Crippen LogP contribution in [-0.4, -0.2) is 5.91 Å². The number of benzene rings is 2. The first-order valence-electron chi connectivity index (χ1n) is 6.11. The summed E-state index contributed by atoms with van der Waals surface area (Å²) >= 11 is 3.09. The molecule has 0 bridgehead atoms. The molecule has 0 spiro atoms. The van der Waals surface area contributed by atoms with E-state index in [1.807, 2.05) is 6.07 Å². The molecule has 112 valence electrons. The maximum atomic E-state index is 12.7. The zero-order chi connectivity index (χ0) is 16.2. The summed E-state index contributed by atoms with van der Waals surface area (Å²) in [4.78, 5) is 11.7. The quantitative estimate of drug-likeness (QED) is 0.740. The maximum absolute atomic E-state index is 12.7. The fraction of sp³-hybridized carbons (Fsp3) is 0.0625. The molecule has 0 aromatic heterocycles. The average molecular weight is 368 g/mol. The van der Waals surface area contributed by atoms with Gasteiger partial charge < -0.3 is 5.32 Å². The van der Waals surface area contributed by atoms with Crippen LogP contribution in [0.1, 0.15) is 11.1 Å². The van der Waals surface area contributed by atoms with Gasteiger partial charge in [0.1, 0.15) is 0 Å². The first-order chi connectivity index (χ1) is 10.4. The van der Waals surface area contributed by atoms with E-state index < -0.39 is 17.6 Å². The van der Waals surface area contributed by atoms with Gasteiger partial charge in [-0.2, -0.15) is 13.2 Å². The Morgan fingerprint density at radius 2 is 1.77 bits per heavy atom. The van der Waals surface area contributed by atoms with Crippen LogP contribution in [0, 0.1) is 11.8 Å². The molecule has 0 aliphatic heterocycles. The number of carbonyl (C=O) groups is 1. The molecular formula is C16H9BrF3NO. The molecule has 0 heterocycles. The fourth-order valence-electron chi connectivity index (χ4n) is 1.60. The smallest absolute Gasteiger partial charge is 0.314 e. The predicted molar refractivity (Wildman–Crippen MR) is 81.1 cm³/mol. The number of nitrogens with one attached hydrogen (secondary N) is 1. The van der Waals surface area contributed by atoms with Crippen molar-refractivity contribution >= 4 is 27.5 Å². The van der Waals surface area contributed by atoms with Crippen molar-refractivity contribution in [3.8, 4) is 11.8 Å². The van der Waals surface area contributed by atoms with E-state index >= 15 is 0 Å². The standard InChI is InChI=1S/C16H9BrF3NO/c17-13-8-7-12(16(18,19)20)10-14(13)21-15(22)9-6-11-4-2-1-3-5-11/h1-5,7-8,10H,(H,21,22). The van der Waals surface area contributed by atoms with Crippen molar-refractivity contribution in [3.63, 3.8) is 0 Å². The van der Waals surface area contributed by atoms with Crippen LogP contribution in [0.3, 0.4) is 0 Å². The Hall–Kier alpha value is -2.26. The Morgan fingerprint density at radius 1 is 1.09 bits per heavy atom. The number of carbonyl (C=O) groups excluding carboxylic acids is 1. The number of alkyl halides is 3. The lowest BCUT2D eigenvalue weighted by Gasteiger charge is -2.10. The SMILES string of the molecule is O=C(C#Cc1ccccc1)Nc1cc(C(F)(F)F)ccc1Br. The molecule has 0 aliphatic rings. The van der Waals surface area contributed by atoms with E-state index in [0.29, 0.717) is 10.0 Å². The maximum Gasteiger partial charge on any atom is 0.416 e. The number of rotatable bonds is 1. The van der Waals surface area contributed by atoms with Crippen molar-refractivity contribution in [1.29, 1.82) is 0 Å². The molecule has 0 saturated carbocycles. The highest BCUT2D eigenvalue weighted by molar-refractivity contribution is 9.10. The van der Waals surface area contributed by atoms with Crippen molar-refractivity contribution in [1.82, 2.24) is 0 Å². The van der Waals surface area contributed by atoms with Gasteiger partial charge in [-0.15, -0.1) is 0 Å². The summed E-state index contributed by atoms with van der Waals surface area (Å²) in [5.41, 5.74) is -0.190. The second-order valence-corrected chi connectivity index (χ2v) is 5.12. The van der Waals surface area contributed by atoms with Crippen LogP contribution in [0.5, 0.6) is 0 Å². The summed E-state index contributed by atoms with van der Waals surface area (Å²) < 4.78 is 38.3. The van der Waals surface area contributed by atoms with E-state index in [0.717, 1.165) is 12.1 Å². The average Bonchev–Trinajstić information content (AvgIpc) is 2.47. The number of amides is 1. The van der Waals surface area contributed by atoms with Crippen molar-refractivity contribution in [2.75, 3.05) is 5.32 Å². The molecule has 2 aromatic carbocycles. The van der Waals surface area contributed by atoms with E-state index in [2.05, 4.69) is 33.1 Å². The summed E-state index contributed by atoms with van der Waals surface area (Å²) in [6.45, 7) is 0. The lowest BCUT2D eigenvalue weighted by Crippen LogP contribution is -2.11. The molecule has 22 heavy (non-hydrogen) atoms. The van der Waals surface area contributed by atoms with Gasteiger partial charge in [-0.05, 0) is 46.3 Å². The van der Waals surface area contributed by atoms with E-state index in [1.54, 1.807) is 24.3 Å². The first-order valence-corrected chi connectivity index (χ1v) is 6.90. The minimum Gasteiger partial charge on any atom is -0.314 e. The Kier molecular flexibility index (Phi) is 4.88. The molecule has 0 atom stereocenters. The highest BCUT2D eigenvalue weighted by atomic mass is 79.9. The van der Waals surface area contributed by atoms with Gasteiger partial charge in [0.05, 0.1) is 11.3 Å². The predicted octanol–water partition coefficient (Wildman–Crippen LogP) is 4.46. The minimum atomic E-state index is -4.48. The minimum absolute atomic E-state index is 0.0159. The lowest BCUT2D eigenvalue weighted by atomic mass is 10.2. The van der Waals surface area contributed by atoms with Gasteiger partial charge in [0.25, 0.3) is 0 Å². The molecule has 0 aliphatic carbocycles. The summed E-state index contributed by atoms with van der Waals surface area (Å²) in [6.07, 6.45) is -4.48. The van der Waals surface area contributed by atoms with E-state index in [9.17, 15) is 18.0 Å². The van der Waals surface area contributed by atoms with Crippen molar-refractivity contribution in [2.24, 2.45) is 0 Å². The van der Waals surface area contributed by atoms with E-state index in [1.165, 1.54) is 6.07 Å². The van der Waals surface area contributed by atoms with Gasteiger partial charge >= 0.3 is 12.1 Å². The van der Waals surface area contributed by atoms with Crippen molar-refractivity contribution < 1.29 is 18.0 Å². The normalized spacial score (nSPS) is 10.5. The molecule has 2 rings (SSSR count). The summed E-state index contributed by atoms with van der Waals surface area (Å²) in [7, 11) is 0. The van der Waals surface area contributed by atoms with Gasteiger partial charge in [-0.3, -0.25) is 4.79 Å². The molecule has 0 radical (unpaired) electrons. The molecule has 2 nitrogen and oxygen atoms in total. The molecule has 6 heteroatoms. The highest BCUT2D eigenvalue weighted by Gasteiger charge is 2.31. The third-order valence-corrected chi connectivity index (χ3v) is 3.33. The molecule has 1 amide bonds. The Bertz CT molecular complexity index is 745. The van der Waals surface area contributed by atoms with Crippen LogP contribution in [0.4, 0.5) is 18.9 Å². The number of hydrogen-bond acceptors (Lipinski definition) is 1. The van der Waals surface area contributed by atoms with Crippen molar-refractivity contribution in [2.45, 2.75) is 6.18 Å². The second-order valence-electron chi connectivity index (χ2n) is 4.26. The van der Waals surface area contributed by atoms with Gasteiger partial charge in [0.2, 0.25) is 0 Å². The first kappa shape index (κ1) is 16.1. The van der Waals surface area contributed by atoms with Crippen LogP contribution in [-0.2, 0) is 11.0 Å². The van der Waals surface area contributed by atoms with Crippen LogP contribution >= 0.6 is 15.9 Å². The third kappa shape index (κ3) is 4.37. The van der Waals surface area contributed by atoms with E-state index in [-0.39, 0.29) is 5.69 Å². The Balaban J connectivity index is 2.17. The summed E-state index contributed by atoms with van der Waals surface area (Å²) in [5, 5.41) is 2.33. The molecular weight excluding hydrogens is 359 g/mol. The molecule has 2 aromatic rings. The van der Waals surface area contributed by atoms with E-state index in [4.69, 9.17) is 0 Å². The Morgan fingerprint density at radius 3 is 2.41 bits per heavy atom. The number of hydrogen-bond donors (Lipinski definition) is 1. The molecule has 0 saturated heterocycles. The number of halogens is 4. The molecule has 1 N–H and O–H groups in total. The van der Waals surface area contributed by atoms with Gasteiger partial charge in [-0.25, -0.2) is 0 Å². The lowest BCUT2D eigenvalue weighted by molar-refractivity contribution is -0.137. The Labute approximate surface area is 133 Å². The van der Waals surface area contributed by atoms with Gasteiger partial charge in [0, 0.05) is 16.0 Å². The number of anilines is 1. The monoisotopic (exact) mass is 367 g/mol. The second kappa shape index (κ2) is 6.67. The van der Waals surface area contributed by atoms with Gasteiger partial charge in [-0.1, -0.05) is 24.1 Å². The molecule has 0 unspecified atom stereocenters. The van der Waals surface area contributed by atoms with Crippen LogP contribution in [0.25, 0.3) is 0 Å². The fourth-order valence-corrected chi connectivity index (χ4v) is 1.95. The van der Waals surface area contributed by atoms with Crippen LogP contribution in [0.2, 0.25) is 0 Å². The van der Waals surface area contributed by atoms with Crippen LogP contribution in [0.15, 0.2) is 53.0 Å². The van der Waals surface area contributed by atoms with Crippen LogP contribution < -0.4 is 5.32 Å². The summed E-state index contributed by atoms with van der Waals surface area (Å²) in [5.74, 6) is 4.27. The van der Waals surface area contributed by atoms with Crippen molar-refractivity contribution in [3.05, 3.63) is 64.1 Å².